The van der Waals surface area contributed by atoms with Gasteiger partial charge in [0.2, 0.25) is 0 Å². The van der Waals surface area contributed by atoms with Crippen LogP contribution in [0.4, 0.5) is 0 Å². The van der Waals surface area contributed by atoms with Crippen LogP contribution >= 0.6 is 0 Å². The van der Waals surface area contributed by atoms with Crippen LogP contribution in [0.3, 0.4) is 0 Å². The summed E-state index contributed by atoms with van der Waals surface area (Å²) in [6, 6.07) is 5.65. The summed E-state index contributed by atoms with van der Waals surface area (Å²) in [6.07, 6.45) is 0.690. The maximum Gasteiger partial charge on any atom is 0.119 e. The highest BCUT2D eigenvalue weighted by Gasteiger charge is 2.18. The van der Waals surface area contributed by atoms with Gasteiger partial charge in [0.05, 0.1) is 0 Å². The standard InChI is InChI=1S/C12H18O2/c1-9-4-5-10(11(14)6-9)7-12(2,3)8-13/h4-6,13-14H,7-8H2,1-3H3. The maximum absolute atomic E-state index is 9.67. The molecule has 2 heteroatoms. The lowest BCUT2D eigenvalue weighted by molar-refractivity contribution is 0.159. The van der Waals surface area contributed by atoms with Gasteiger partial charge in [-0.25, -0.2) is 0 Å². The average Bonchev–Trinajstić information content (AvgIpc) is 2.10. The number of aryl methyl sites for hydroxylation is 1. The van der Waals surface area contributed by atoms with Gasteiger partial charge in [-0.3, -0.25) is 0 Å². The van der Waals surface area contributed by atoms with Gasteiger partial charge >= 0.3 is 0 Å². The van der Waals surface area contributed by atoms with Crippen molar-refractivity contribution in [1.82, 2.24) is 0 Å². The van der Waals surface area contributed by atoms with Gasteiger partial charge in [-0.05, 0) is 36.0 Å². The molecule has 0 atom stereocenters. The molecule has 0 aliphatic rings. The van der Waals surface area contributed by atoms with E-state index in [1.54, 1.807) is 6.07 Å². The summed E-state index contributed by atoms with van der Waals surface area (Å²) >= 11 is 0. The van der Waals surface area contributed by atoms with Crippen LogP contribution in [0.1, 0.15) is 25.0 Å². The number of phenolic OH excluding ortho intramolecular Hbond substituents is 1. The van der Waals surface area contributed by atoms with E-state index in [9.17, 15) is 5.11 Å². The molecule has 1 aromatic rings. The van der Waals surface area contributed by atoms with Crippen LogP contribution in [-0.2, 0) is 6.42 Å². The van der Waals surface area contributed by atoms with E-state index in [0.29, 0.717) is 12.2 Å². The highest BCUT2D eigenvalue weighted by atomic mass is 16.3. The molecule has 0 saturated heterocycles. The highest BCUT2D eigenvalue weighted by molar-refractivity contribution is 5.36. The monoisotopic (exact) mass is 194 g/mol. The summed E-state index contributed by atoms with van der Waals surface area (Å²) < 4.78 is 0. The summed E-state index contributed by atoms with van der Waals surface area (Å²) in [6.45, 7) is 6.03. The average molecular weight is 194 g/mol. The quantitative estimate of drug-likeness (QED) is 0.775. The van der Waals surface area contributed by atoms with E-state index in [0.717, 1.165) is 11.1 Å². The molecule has 0 fully saturated rings. The normalized spacial score (nSPS) is 11.7. The number of hydrogen-bond donors (Lipinski definition) is 2. The van der Waals surface area contributed by atoms with Gasteiger partial charge in [0, 0.05) is 6.61 Å². The van der Waals surface area contributed by atoms with Gasteiger partial charge in [-0.2, -0.15) is 0 Å². The molecule has 0 unspecified atom stereocenters. The van der Waals surface area contributed by atoms with Crippen LogP contribution in [0, 0.1) is 12.3 Å². The largest absolute Gasteiger partial charge is 0.508 e. The lowest BCUT2D eigenvalue weighted by Crippen LogP contribution is -2.19. The third-order valence-electron chi connectivity index (χ3n) is 2.34. The fourth-order valence-corrected chi connectivity index (χ4v) is 1.39. The predicted molar refractivity (Wildman–Crippen MR) is 57.4 cm³/mol. The zero-order valence-electron chi connectivity index (χ0n) is 9.04. The van der Waals surface area contributed by atoms with Crippen LogP contribution in [0.5, 0.6) is 5.75 Å². The molecule has 0 saturated carbocycles. The van der Waals surface area contributed by atoms with Crippen LogP contribution in [0.25, 0.3) is 0 Å². The van der Waals surface area contributed by atoms with Crippen molar-refractivity contribution in [2.45, 2.75) is 27.2 Å². The van der Waals surface area contributed by atoms with Gasteiger partial charge in [0.1, 0.15) is 5.75 Å². The Bertz CT molecular complexity index is 316. The Balaban J connectivity index is 2.87. The first-order valence-electron chi connectivity index (χ1n) is 4.84. The van der Waals surface area contributed by atoms with Gasteiger partial charge in [0.15, 0.2) is 0 Å². The summed E-state index contributed by atoms with van der Waals surface area (Å²) in [5.41, 5.74) is 1.77. The molecule has 2 nitrogen and oxygen atoms in total. The van der Waals surface area contributed by atoms with Crippen LogP contribution < -0.4 is 0 Å². The first-order valence-corrected chi connectivity index (χ1v) is 4.84. The maximum atomic E-state index is 9.67. The van der Waals surface area contributed by atoms with E-state index in [2.05, 4.69) is 0 Å². The van der Waals surface area contributed by atoms with E-state index in [-0.39, 0.29) is 12.0 Å². The topological polar surface area (TPSA) is 40.5 Å². The second-order valence-corrected chi connectivity index (χ2v) is 4.63. The first kappa shape index (κ1) is 11.1. The fraction of sp³-hybridized carbons (Fsp3) is 0.500. The third kappa shape index (κ3) is 2.74. The molecule has 0 amide bonds. The van der Waals surface area contributed by atoms with Crippen molar-refractivity contribution < 1.29 is 10.2 Å². The SMILES string of the molecule is Cc1ccc(CC(C)(C)CO)c(O)c1. The number of benzene rings is 1. The van der Waals surface area contributed by atoms with E-state index >= 15 is 0 Å². The van der Waals surface area contributed by atoms with Gasteiger partial charge in [-0.1, -0.05) is 26.0 Å². The van der Waals surface area contributed by atoms with Gasteiger partial charge in [-0.15, -0.1) is 0 Å². The molecule has 14 heavy (non-hydrogen) atoms. The van der Waals surface area contributed by atoms with E-state index in [1.165, 1.54) is 0 Å². The molecule has 0 aliphatic carbocycles. The summed E-state index contributed by atoms with van der Waals surface area (Å²) in [7, 11) is 0. The van der Waals surface area contributed by atoms with Crippen LogP contribution in [0.15, 0.2) is 18.2 Å². The van der Waals surface area contributed by atoms with Crippen LogP contribution in [0.2, 0.25) is 0 Å². The Morgan fingerprint density at radius 2 is 1.93 bits per heavy atom. The minimum Gasteiger partial charge on any atom is -0.508 e. The molecule has 0 spiro atoms. The van der Waals surface area contributed by atoms with E-state index in [4.69, 9.17) is 5.11 Å². The number of rotatable bonds is 3. The smallest absolute Gasteiger partial charge is 0.119 e. The Morgan fingerprint density at radius 3 is 2.43 bits per heavy atom. The molecule has 0 bridgehead atoms. The number of hydrogen-bond acceptors (Lipinski definition) is 2. The minimum absolute atomic E-state index is 0.125. The Hall–Kier alpha value is -1.02. The van der Waals surface area contributed by atoms with E-state index in [1.807, 2.05) is 32.9 Å². The Morgan fingerprint density at radius 1 is 1.29 bits per heavy atom. The predicted octanol–water partition coefficient (Wildman–Crippen LogP) is 2.26. The molecule has 0 heterocycles. The summed E-state index contributed by atoms with van der Waals surface area (Å²) in [4.78, 5) is 0. The first-order chi connectivity index (χ1) is 6.44. The number of aliphatic hydroxyl groups excluding tert-OH is 1. The summed E-state index contributed by atoms with van der Waals surface area (Å²) in [5.74, 6) is 0.325. The second kappa shape index (κ2) is 4.01. The second-order valence-electron chi connectivity index (χ2n) is 4.63. The number of aromatic hydroxyl groups is 1. The zero-order valence-corrected chi connectivity index (χ0v) is 9.04. The lowest BCUT2D eigenvalue weighted by Gasteiger charge is -2.22. The molecular formula is C12H18O2. The molecule has 1 rings (SSSR count). The number of phenols is 1. The molecule has 2 N–H and O–H groups in total. The molecule has 0 radical (unpaired) electrons. The third-order valence-corrected chi connectivity index (χ3v) is 2.34. The van der Waals surface area contributed by atoms with Crippen molar-refractivity contribution in [3.63, 3.8) is 0 Å². The van der Waals surface area contributed by atoms with Gasteiger partial charge in [0.25, 0.3) is 0 Å². The van der Waals surface area contributed by atoms with Crippen molar-refractivity contribution in [2.24, 2.45) is 5.41 Å². The lowest BCUT2D eigenvalue weighted by atomic mass is 9.86. The van der Waals surface area contributed by atoms with Crippen molar-refractivity contribution in [3.8, 4) is 5.75 Å². The highest BCUT2D eigenvalue weighted by Crippen LogP contribution is 2.27. The van der Waals surface area contributed by atoms with Crippen molar-refractivity contribution in [2.75, 3.05) is 6.61 Å². The van der Waals surface area contributed by atoms with Crippen molar-refractivity contribution in [1.29, 1.82) is 0 Å². The van der Waals surface area contributed by atoms with Gasteiger partial charge < -0.3 is 10.2 Å². The number of aliphatic hydroxyl groups is 1. The molecule has 1 aromatic carbocycles. The van der Waals surface area contributed by atoms with Crippen molar-refractivity contribution in [3.05, 3.63) is 29.3 Å². The Kier molecular flexibility index (Phi) is 3.17. The van der Waals surface area contributed by atoms with Crippen LogP contribution in [-0.4, -0.2) is 16.8 Å². The summed E-state index contributed by atoms with van der Waals surface area (Å²) in [5, 5.41) is 18.8. The molecule has 0 aliphatic heterocycles. The van der Waals surface area contributed by atoms with Crippen molar-refractivity contribution >= 4 is 0 Å². The molecule has 0 aromatic heterocycles. The zero-order chi connectivity index (χ0) is 10.8. The van der Waals surface area contributed by atoms with E-state index < -0.39 is 0 Å². The fourth-order valence-electron chi connectivity index (χ4n) is 1.39. The minimum atomic E-state index is -0.174. The molecular weight excluding hydrogens is 176 g/mol. The Labute approximate surface area is 85.2 Å². The molecule has 78 valence electrons.